The van der Waals surface area contributed by atoms with E-state index in [0.717, 1.165) is 25.6 Å². The molecule has 2 heterocycles. The molecular formula is C17H26N4O. The summed E-state index contributed by atoms with van der Waals surface area (Å²) in [6.07, 6.45) is 6.48. The number of aryl methyl sites for hydroxylation is 1. The van der Waals surface area contributed by atoms with Gasteiger partial charge in [-0.25, -0.2) is 0 Å². The summed E-state index contributed by atoms with van der Waals surface area (Å²) in [6, 6.07) is 2.04. The highest BCUT2D eigenvalue weighted by molar-refractivity contribution is 5.92. The molecule has 1 saturated heterocycles. The number of carbonyl (C=O) groups is 1. The van der Waals surface area contributed by atoms with Crippen molar-refractivity contribution in [2.45, 2.75) is 32.7 Å². The highest BCUT2D eigenvalue weighted by Crippen LogP contribution is 2.41. The second kappa shape index (κ2) is 6.24. The number of allylic oxidation sites excluding steroid dienone is 1. The molecule has 1 N–H and O–H groups in total. The fraction of sp³-hybridized carbons (Fsp3) is 0.647. The number of nitrogens with zero attached hydrogens (tertiary/aromatic N) is 3. The molecule has 0 unspecified atom stereocenters. The Balaban J connectivity index is 1.66. The molecule has 0 spiro atoms. The lowest BCUT2D eigenvalue weighted by Crippen LogP contribution is -2.41. The van der Waals surface area contributed by atoms with Gasteiger partial charge in [0.2, 0.25) is 0 Å². The number of carbonyl (C=O) groups excluding carboxylic acids is 1. The molecular weight excluding hydrogens is 276 g/mol. The van der Waals surface area contributed by atoms with Crippen LogP contribution < -0.4 is 5.32 Å². The van der Waals surface area contributed by atoms with Crippen LogP contribution in [0.1, 0.15) is 37.2 Å². The standard InChI is InChI=1S/C17H26N4O/c1-4-12(2)9-21-10-14(13-5-6-13)15(11-21)19-17(22)16-7-8-18-20(16)3/h4,7-8,13-15H,5-6,9-11H2,1-3H3,(H,19,22)/t14-,15+/m1/s1. The average molecular weight is 302 g/mol. The molecule has 1 aliphatic heterocycles. The van der Waals surface area contributed by atoms with Crippen LogP contribution in [-0.4, -0.2) is 46.3 Å². The van der Waals surface area contributed by atoms with Crippen LogP contribution in [-0.2, 0) is 7.05 Å². The van der Waals surface area contributed by atoms with Crippen molar-refractivity contribution in [2.75, 3.05) is 19.6 Å². The average Bonchev–Trinajstić information content (AvgIpc) is 3.13. The number of likely N-dealkylation sites (tertiary alicyclic amines) is 1. The van der Waals surface area contributed by atoms with Crippen molar-refractivity contribution in [3.05, 3.63) is 29.6 Å². The zero-order chi connectivity index (χ0) is 15.7. The molecule has 5 nitrogen and oxygen atoms in total. The largest absolute Gasteiger partial charge is 0.346 e. The smallest absolute Gasteiger partial charge is 0.269 e. The Labute approximate surface area is 132 Å². The third-order valence-electron chi connectivity index (χ3n) is 5.00. The highest BCUT2D eigenvalue weighted by Gasteiger charge is 2.43. The summed E-state index contributed by atoms with van der Waals surface area (Å²) in [5.41, 5.74) is 2.03. The van der Waals surface area contributed by atoms with Gasteiger partial charge in [0.25, 0.3) is 5.91 Å². The Hall–Kier alpha value is -1.62. The Morgan fingerprint density at radius 3 is 2.82 bits per heavy atom. The molecule has 0 aromatic carbocycles. The van der Waals surface area contributed by atoms with Crippen LogP contribution in [0.25, 0.3) is 0 Å². The van der Waals surface area contributed by atoms with E-state index in [2.05, 4.69) is 35.2 Å². The molecule has 0 bridgehead atoms. The first-order valence-electron chi connectivity index (χ1n) is 8.21. The van der Waals surface area contributed by atoms with Crippen LogP contribution in [0.15, 0.2) is 23.9 Å². The van der Waals surface area contributed by atoms with E-state index >= 15 is 0 Å². The summed E-state index contributed by atoms with van der Waals surface area (Å²) in [5, 5.41) is 7.34. The lowest BCUT2D eigenvalue weighted by molar-refractivity contribution is 0.0918. The van der Waals surface area contributed by atoms with Gasteiger partial charge in [0.1, 0.15) is 5.69 Å². The molecule has 120 valence electrons. The number of aromatic nitrogens is 2. The SMILES string of the molecule is CC=C(C)CN1C[C@H](NC(=O)c2ccnn2C)[C@@H](C2CC2)C1. The van der Waals surface area contributed by atoms with E-state index in [-0.39, 0.29) is 11.9 Å². The first-order valence-corrected chi connectivity index (χ1v) is 8.21. The van der Waals surface area contributed by atoms with Crippen molar-refractivity contribution in [1.82, 2.24) is 20.0 Å². The predicted octanol–water partition coefficient (Wildman–Crippen LogP) is 1.83. The molecule has 1 aromatic heterocycles. The number of hydrogen-bond acceptors (Lipinski definition) is 3. The maximum absolute atomic E-state index is 12.5. The zero-order valence-electron chi connectivity index (χ0n) is 13.7. The topological polar surface area (TPSA) is 50.2 Å². The van der Waals surface area contributed by atoms with Gasteiger partial charge in [-0.2, -0.15) is 5.10 Å². The second-order valence-corrected chi connectivity index (χ2v) is 6.75. The van der Waals surface area contributed by atoms with E-state index < -0.39 is 0 Å². The molecule has 22 heavy (non-hydrogen) atoms. The van der Waals surface area contributed by atoms with Gasteiger partial charge in [0.15, 0.2) is 0 Å². The summed E-state index contributed by atoms with van der Waals surface area (Å²) in [6.45, 7) is 7.33. The van der Waals surface area contributed by atoms with Gasteiger partial charge in [-0.15, -0.1) is 0 Å². The molecule has 2 aliphatic rings. The highest BCUT2D eigenvalue weighted by atomic mass is 16.2. The minimum Gasteiger partial charge on any atom is -0.346 e. The molecule has 2 fully saturated rings. The molecule has 2 atom stereocenters. The molecule has 1 saturated carbocycles. The first-order chi connectivity index (χ1) is 10.6. The van der Waals surface area contributed by atoms with Crippen molar-refractivity contribution in [2.24, 2.45) is 18.9 Å². The van der Waals surface area contributed by atoms with E-state index in [1.165, 1.54) is 18.4 Å². The quantitative estimate of drug-likeness (QED) is 0.844. The minimum absolute atomic E-state index is 0.000237. The molecule has 0 radical (unpaired) electrons. The second-order valence-electron chi connectivity index (χ2n) is 6.75. The van der Waals surface area contributed by atoms with E-state index in [1.54, 1.807) is 16.9 Å². The monoisotopic (exact) mass is 302 g/mol. The lowest BCUT2D eigenvalue weighted by Gasteiger charge is -2.19. The number of hydrogen-bond donors (Lipinski definition) is 1. The normalized spacial score (nSPS) is 26.4. The summed E-state index contributed by atoms with van der Waals surface area (Å²) in [4.78, 5) is 14.9. The van der Waals surface area contributed by atoms with E-state index in [4.69, 9.17) is 0 Å². The fourth-order valence-electron chi connectivity index (χ4n) is 3.48. The third kappa shape index (κ3) is 3.24. The van der Waals surface area contributed by atoms with E-state index in [1.807, 2.05) is 7.05 Å². The van der Waals surface area contributed by atoms with Gasteiger partial charge in [0.05, 0.1) is 0 Å². The van der Waals surface area contributed by atoms with E-state index in [0.29, 0.717) is 11.6 Å². The Bertz CT molecular complexity index is 573. The maximum atomic E-state index is 12.5. The molecule has 5 heteroatoms. The minimum atomic E-state index is 0.000237. The number of amides is 1. The maximum Gasteiger partial charge on any atom is 0.269 e. The Morgan fingerprint density at radius 2 is 2.23 bits per heavy atom. The molecule has 3 rings (SSSR count). The van der Waals surface area contributed by atoms with Crippen LogP contribution in [0.3, 0.4) is 0 Å². The van der Waals surface area contributed by atoms with Crippen molar-refractivity contribution in [3.63, 3.8) is 0 Å². The van der Waals surface area contributed by atoms with Crippen LogP contribution in [0.5, 0.6) is 0 Å². The summed E-state index contributed by atoms with van der Waals surface area (Å²) in [7, 11) is 1.81. The lowest BCUT2D eigenvalue weighted by atomic mass is 9.98. The van der Waals surface area contributed by atoms with Gasteiger partial charge in [0, 0.05) is 38.9 Å². The van der Waals surface area contributed by atoms with E-state index in [9.17, 15) is 4.79 Å². The predicted molar refractivity (Wildman–Crippen MR) is 86.5 cm³/mol. The van der Waals surface area contributed by atoms with Crippen molar-refractivity contribution >= 4 is 5.91 Å². The molecule has 1 amide bonds. The summed E-state index contributed by atoms with van der Waals surface area (Å²) < 4.78 is 1.64. The fourth-order valence-corrected chi connectivity index (χ4v) is 3.48. The van der Waals surface area contributed by atoms with Crippen molar-refractivity contribution in [3.8, 4) is 0 Å². The van der Waals surface area contributed by atoms with Crippen molar-refractivity contribution in [1.29, 1.82) is 0 Å². The number of rotatable bonds is 5. The van der Waals surface area contributed by atoms with Crippen LogP contribution in [0.2, 0.25) is 0 Å². The molecule has 1 aliphatic carbocycles. The van der Waals surface area contributed by atoms with Crippen molar-refractivity contribution < 1.29 is 4.79 Å². The van der Waals surface area contributed by atoms with Gasteiger partial charge in [-0.05, 0) is 44.6 Å². The van der Waals surface area contributed by atoms with Crippen LogP contribution >= 0.6 is 0 Å². The zero-order valence-corrected chi connectivity index (χ0v) is 13.7. The summed E-state index contributed by atoms with van der Waals surface area (Å²) in [5.74, 6) is 1.40. The summed E-state index contributed by atoms with van der Waals surface area (Å²) >= 11 is 0. The van der Waals surface area contributed by atoms with Gasteiger partial charge >= 0.3 is 0 Å². The van der Waals surface area contributed by atoms with Gasteiger partial charge < -0.3 is 5.32 Å². The Morgan fingerprint density at radius 1 is 1.45 bits per heavy atom. The third-order valence-corrected chi connectivity index (χ3v) is 5.00. The van der Waals surface area contributed by atoms with Gasteiger partial charge in [-0.1, -0.05) is 11.6 Å². The molecule has 1 aromatic rings. The van der Waals surface area contributed by atoms with Gasteiger partial charge in [-0.3, -0.25) is 14.4 Å². The number of nitrogens with one attached hydrogen (secondary N) is 1. The first kappa shape index (κ1) is 15.3. The van der Waals surface area contributed by atoms with Crippen LogP contribution in [0.4, 0.5) is 0 Å². The Kier molecular flexibility index (Phi) is 4.34. The van der Waals surface area contributed by atoms with Crippen LogP contribution in [0, 0.1) is 11.8 Å².